The molecule has 0 aromatic heterocycles. The summed E-state index contributed by atoms with van der Waals surface area (Å²) in [6.45, 7) is 11.6. The summed E-state index contributed by atoms with van der Waals surface area (Å²) in [5, 5.41) is 12.3. The van der Waals surface area contributed by atoms with Gasteiger partial charge < -0.3 is 24.8 Å². The Hall–Kier alpha value is -2.83. The number of anilines is 1. The zero-order valence-electron chi connectivity index (χ0n) is 20.1. The van der Waals surface area contributed by atoms with Crippen molar-refractivity contribution >= 4 is 17.7 Å². The Balaban J connectivity index is 1.07. The molecule has 0 radical (unpaired) electrons. The molecule has 184 valence electrons. The van der Waals surface area contributed by atoms with E-state index < -0.39 is 0 Å². The molecule has 3 aliphatic heterocycles. The number of ether oxygens (including phenoxy) is 1. The SMILES string of the molecule is CC(=O)N1CCN(CCOC(=O)N2CC3CN(CCCNc4ccc(C#N)cc4)CC3C2)CC1. The summed E-state index contributed by atoms with van der Waals surface area (Å²) in [7, 11) is 0. The van der Waals surface area contributed by atoms with Gasteiger partial charge in [-0.3, -0.25) is 9.69 Å². The molecule has 2 atom stereocenters. The number of piperazine rings is 1. The fourth-order valence-corrected chi connectivity index (χ4v) is 5.26. The van der Waals surface area contributed by atoms with Crippen LogP contribution in [0.1, 0.15) is 18.9 Å². The van der Waals surface area contributed by atoms with E-state index >= 15 is 0 Å². The lowest BCUT2D eigenvalue weighted by Gasteiger charge is -2.34. The number of hydrogen-bond acceptors (Lipinski definition) is 7. The van der Waals surface area contributed by atoms with Gasteiger partial charge in [0.05, 0.1) is 11.6 Å². The van der Waals surface area contributed by atoms with Crippen molar-refractivity contribution < 1.29 is 14.3 Å². The predicted molar refractivity (Wildman–Crippen MR) is 129 cm³/mol. The molecule has 0 spiro atoms. The van der Waals surface area contributed by atoms with Crippen LogP contribution in [0.3, 0.4) is 0 Å². The summed E-state index contributed by atoms with van der Waals surface area (Å²) in [5.41, 5.74) is 1.72. The lowest BCUT2D eigenvalue weighted by Crippen LogP contribution is -2.49. The van der Waals surface area contributed by atoms with Crippen molar-refractivity contribution in [1.82, 2.24) is 19.6 Å². The third-order valence-corrected chi connectivity index (χ3v) is 7.26. The van der Waals surface area contributed by atoms with E-state index in [0.29, 0.717) is 24.0 Å². The van der Waals surface area contributed by atoms with Gasteiger partial charge in [0.1, 0.15) is 6.61 Å². The second-order valence-electron chi connectivity index (χ2n) is 9.62. The van der Waals surface area contributed by atoms with Crippen molar-refractivity contribution in [3.05, 3.63) is 29.8 Å². The average molecular weight is 469 g/mol. The topological polar surface area (TPSA) is 92.2 Å². The third kappa shape index (κ3) is 6.39. The minimum atomic E-state index is -0.185. The normalized spacial score (nSPS) is 22.9. The molecule has 3 heterocycles. The Morgan fingerprint density at radius 1 is 0.971 bits per heavy atom. The standard InChI is InChI=1S/C25H36N6O3/c1-20(32)30-11-9-28(10-12-30)13-14-34-25(33)31-18-22-16-29(17-23(22)19-31)8-2-7-27-24-5-3-21(15-26)4-6-24/h3-6,22-23,27H,2,7-14,16-19H2,1H3. The lowest BCUT2D eigenvalue weighted by atomic mass is 10.0. The number of rotatable bonds is 8. The molecule has 0 bridgehead atoms. The van der Waals surface area contributed by atoms with Crippen molar-refractivity contribution in [3.63, 3.8) is 0 Å². The molecule has 1 N–H and O–H groups in total. The van der Waals surface area contributed by atoms with E-state index in [4.69, 9.17) is 10.00 Å². The van der Waals surface area contributed by atoms with Crippen molar-refractivity contribution in [3.8, 4) is 6.07 Å². The highest BCUT2D eigenvalue weighted by atomic mass is 16.6. The average Bonchev–Trinajstić information content (AvgIpc) is 3.41. The van der Waals surface area contributed by atoms with E-state index in [9.17, 15) is 9.59 Å². The van der Waals surface area contributed by atoms with E-state index in [1.165, 1.54) is 0 Å². The van der Waals surface area contributed by atoms with Gasteiger partial charge in [0, 0.05) is 78.1 Å². The van der Waals surface area contributed by atoms with E-state index in [0.717, 1.165) is 84.1 Å². The van der Waals surface area contributed by atoms with Crippen LogP contribution in [-0.2, 0) is 9.53 Å². The number of benzene rings is 1. The number of nitrogens with zero attached hydrogens (tertiary/aromatic N) is 5. The Kier molecular flexibility index (Phi) is 8.25. The maximum absolute atomic E-state index is 12.5. The first kappa shape index (κ1) is 24.3. The lowest BCUT2D eigenvalue weighted by molar-refractivity contribution is -0.130. The van der Waals surface area contributed by atoms with Crippen LogP contribution in [0.5, 0.6) is 0 Å². The largest absolute Gasteiger partial charge is 0.448 e. The van der Waals surface area contributed by atoms with Crippen LogP contribution in [0.2, 0.25) is 0 Å². The van der Waals surface area contributed by atoms with Crippen LogP contribution >= 0.6 is 0 Å². The number of fused-ring (bicyclic) bond motifs is 1. The number of nitriles is 1. The van der Waals surface area contributed by atoms with Crippen LogP contribution in [0, 0.1) is 23.2 Å². The molecule has 1 aromatic rings. The zero-order chi connectivity index (χ0) is 23.9. The van der Waals surface area contributed by atoms with Gasteiger partial charge in [-0.05, 0) is 49.1 Å². The highest BCUT2D eigenvalue weighted by Gasteiger charge is 2.41. The molecule has 3 aliphatic rings. The van der Waals surface area contributed by atoms with Gasteiger partial charge in [-0.25, -0.2) is 4.79 Å². The molecule has 4 rings (SSSR count). The summed E-state index contributed by atoms with van der Waals surface area (Å²) in [6, 6.07) is 9.69. The molecule has 34 heavy (non-hydrogen) atoms. The van der Waals surface area contributed by atoms with Gasteiger partial charge >= 0.3 is 6.09 Å². The summed E-state index contributed by atoms with van der Waals surface area (Å²) in [5.74, 6) is 1.21. The fraction of sp³-hybridized carbons (Fsp3) is 0.640. The van der Waals surface area contributed by atoms with Crippen LogP contribution < -0.4 is 5.32 Å². The van der Waals surface area contributed by atoms with Gasteiger partial charge in [-0.1, -0.05) is 0 Å². The van der Waals surface area contributed by atoms with Crippen LogP contribution in [0.4, 0.5) is 10.5 Å². The van der Waals surface area contributed by atoms with E-state index in [-0.39, 0.29) is 12.0 Å². The molecule has 0 saturated carbocycles. The van der Waals surface area contributed by atoms with Gasteiger partial charge in [0.15, 0.2) is 0 Å². The van der Waals surface area contributed by atoms with Gasteiger partial charge in [0.25, 0.3) is 0 Å². The number of hydrogen-bond donors (Lipinski definition) is 1. The number of carbonyl (C=O) groups is 2. The van der Waals surface area contributed by atoms with Gasteiger partial charge in [-0.2, -0.15) is 5.26 Å². The van der Waals surface area contributed by atoms with E-state index in [2.05, 4.69) is 21.2 Å². The minimum Gasteiger partial charge on any atom is -0.448 e. The van der Waals surface area contributed by atoms with E-state index in [1.54, 1.807) is 6.92 Å². The Morgan fingerprint density at radius 2 is 1.65 bits per heavy atom. The molecule has 9 heteroatoms. The highest BCUT2D eigenvalue weighted by Crippen LogP contribution is 2.31. The molecule has 1 aromatic carbocycles. The Bertz CT molecular complexity index is 864. The quantitative estimate of drug-likeness (QED) is 0.579. The smallest absolute Gasteiger partial charge is 0.409 e. The molecule has 9 nitrogen and oxygen atoms in total. The second-order valence-corrected chi connectivity index (χ2v) is 9.62. The monoisotopic (exact) mass is 468 g/mol. The highest BCUT2D eigenvalue weighted by molar-refractivity contribution is 5.73. The Morgan fingerprint density at radius 3 is 2.26 bits per heavy atom. The molecular weight excluding hydrogens is 432 g/mol. The summed E-state index contributed by atoms with van der Waals surface area (Å²) in [4.78, 5) is 32.4. The number of likely N-dealkylation sites (tertiary alicyclic amines) is 2. The van der Waals surface area contributed by atoms with E-state index in [1.807, 2.05) is 34.1 Å². The summed E-state index contributed by atoms with van der Waals surface area (Å²) < 4.78 is 5.56. The first-order valence-corrected chi connectivity index (χ1v) is 12.4. The van der Waals surface area contributed by atoms with Crippen LogP contribution in [0.15, 0.2) is 24.3 Å². The molecule has 3 saturated heterocycles. The second kappa shape index (κ2) is 11.5. The molecular formula is C25H36N6O3. The number of nitrogens with one attached hydrogen (secondary N) is 1. The van der Waals surface area contributed by atoms with Crippen molar-refractivity contribution in [1.29, 1.82) is 5.26 Å². The third-order valence-electron chi connectivity index (χ3n) is 7.26. The van der Waals surface area contributed by atoms with Crippen molar-refractivity contribution in [2.75, 3.05) is 83.9 Å². The first-order valence-electron chi connectivity index (χ1n) is 12.4. The maximum Gasteiger partial charge on any atom is 0.409 e. The Labute approximate surface area is 202 Å². The number of carbonyl (C=O) groups excluding carboxylic acids is 2. The minimum absolute atomic E-state index is 0.129. The fourth-order valence-electron chi connectivity index (χ4n) is 5.26. The maximum atomic E-state index is 12.5. The van der Waals surface area contributed by atoms with Crippen molar-refractivity contribution in [2.45, 2.75) is 13.3 Å². The van der Waals surface area contributed by atoms with Crippen LogP contribution in [-0.4, -0.2) is 110 Å². The summed E-state index contributed by atoms with van der Waals surface area (Å²) >= 11 is 0. The molecule has 2 unspecified atom stereocenters. The number of amides is 2. The summed E-state index contributed by atoms with van der Waals surface area (Å²) in [6.07, 6.45) is 0.876. The van der Waals surface area contributed by atoms with Gasteiger partial charge in [-0.15, -0.1) is 0 Å². The predicted octanol–water partition coefficient (Wildman–Crippen LogP) is 1.52. The zero-order valence-corrected chi connectivity index (χ0v) is 20.1. The molecule has 2 amide bonds. The first-order chi connectivity index (χ1) is 16.5. The van der Waals surface area contributed by atoms with Crippen molar-refractivity contribution in [2.24, 2.45) is 11.8 Å². The van der Waals surface area contributed by atoms with Gasteiger partial charge in [0.2, 0.25) is 5.91 Å². The molecule has 0 aliphatic carbocycles. The molecule has 3 fully saturated rings. The van der Waals surface area contributed by atoms with Crippen LogP contribution in [0.25, 0.3) is 0 Å².